The summed E-state index contributed by atoms with van der Waals surface area (Å²) < 4.78 is 22.3. The summed E-state index contributed by atoms with van der Waals surface area (Å²) in [5.74, 6) is 0.741. The maximum absolute atomic E-state index is 13.3. The molecule has 200 valence electrons. The summed E-state index contributed by atoms with van der Waals surface area (Å²) in [6.45, 7) is 13.6. The molecule has 1 saturated heterocycles. The number of aliphatic hydroxyl groups excluding tert-OH is 1. The number of nitrogens with zero attached hydrogens (tertiary/aromatic N) is 1. The van der Waals surface area contributed by atoms with E-state index in [9.17, 15) is 19.5 Å². The Labute approximate surface area is 209 Å². The lowest BCUT2D eigenvalue weighted by atomic mass is 9.89. The van der Waals surface area contributed by atoms with Gasteiger partial charge >= 0.3 is 12.1 Å². The van der Waals surface area contributed by atoms with Gasteiger partial charge in [-0.25, -0.2) is 9.59 Å². The van der Waals surface area contributed by atoms with Crippen molar-refractivity contribution >= 4 is 18.0 Å². The lowest BCUT2D eigenvalue weighted by Crippen LogP contribution is -2.51. The fourth-order valence-electron chi connectivity index (χ4n) is 3.95. The Bertz CT molecular complexity index is 780. The van der Waals surface area contributed by atoms with E-state index < -0.39 is 59.9 Å². The second-order valence-electron chi connectivity index (χ2n) is 10.7. The molecule has 10 heteroatoms. The van der Waals surface area contributed by atoms with Gasteiger partial charge in [-0.05, 0) is 60.8 Å². The Morgan fingerprint density at radius 1 is 1.14 bits per heavy atom. The summed E-state index contributed by atoms with van der Waals surface area (Å²) in [7, 11) is 1.39. The van der Waals surface area contributed by atoms with E-state index in [1.807, 2.05) is 6.92 Å². The van der Waals surface area contributed by atoms with Gasteiger partial charge in [-0.2, -0.15) is 0 Å². The van der Waals surface area contributed by atoms with Crippen LogP contribution in [0.1, 0.15) is 74.7 Å². The number of hydrogen-bond acceptors (Lipinski definition) is 8. The third-order valence-electron chi connectivity index (χ3n) is 5.35. The van der Waals surface area contributed by atoms with Gasteiger partial charge in [-0.15, -0.1) is 6.42 Å². The van der Waals surface area contributed by atoms with Crippen molar-refractivity contribution < 1.29 is 38.4 Å². The monoisotopic (exact) mass is 498 g/mol. The molecule has 0 aromatic rings. The molecule has 35 heavy (non-hydrogen) atoms. The minimum Gasteiger partial charge on any atom is -0.458 e. The number of hydrogen-bond donors (Lipinski definition) is 2. The number of rotatable bonds is 9. The first-order valence-electron chi connectivity index (χ1n) is 11.9. The van der Waals surface area contributed by atoms with Crippen molar-refractivity contribution in [3.8, 4) is 12.3 Å². The summed E-state index contributed by atoms with van der Waals surface area (Å²) in [6, 6.07) is -1.71. The van der Waals surface area contributed by atoms with Gasteiger partial charge in [-0.1, -0.05) is 12.8 Å². The van der Waals surface area contributed by atoms with Crippen molar-refractivity contribution in [2.45, 2.75) is 117 Å². The van der Waals surface area contributed by atoms with E-state index in [0.717, 1.165) is 0 Å². The molecule has 0 aromatic heterocycles. The quantitative estimate of drug-likeness (QED) is 0.282. The Hall–Kier alpha value is -2.35. The predicted molar refractivity (Wildman–Crippen MR) is 129 cm³/mol. The van der Waals surface area contributed by atoms with Gasteiger partial charge in [0, 0.05) is 26.0 Å². The molecule has 1 fully saturated rings. The van der Waals surface area contributed by atoms with Crippen LogP contribution in [0.4, 0.5) is 4.79 Å². The van der Waals surface area contributed by atoms with Gasteiger partial charge in [0.1, 0.15) is 23.3 Å². The maximum Gasteiger partial charge on any atom is 0.411 e. The zero-order valence-corrected chi connectivity index (χ0v) is 22.4. The van der Waals surface area contributed by atoms with Gasteiger partial charge in [0.2, 0.25) is 12.3 Å². The van der Waals surface area contributed by atoms with Gasteiger partial charge in [0.15, 0.2) is 0 Å². The minimum absolute atomic E-state index is 0.0972. The molecule has 1 aliphatic rings. The summed E-state index contributed by atoms with van der Waals surface area (Å²) in [4.78, 5) is 39.3. The number of esters is 1. The second-order valence-corrected chi connectivity index (χ2v) is 10.7. The largest absolute Gasteiger partial charge is 0.458 e. The molecule has 2 amide bonds. The van der Waals surface area contributed by atoms with Crippen LogP contribution < -0.4 is 5.32 Å². The molecular formula is C25H42N2O8. The van der Waals surface area contributed by atoms with Crippen LogP contribution >= 0.6 is 0 Å². The third kappa shape index (κ3) is 9.67. The van der Waals surface area contributed by atoms with E-state index in [2.05, 4.69) is 11.2 Å². The van der Waals surface area contributed by atoms with Crippen LogP contribution in [0.3, 0.4) is 0 Å². The molecule has 1 rings (SSSR count). The average molecular weight is 499 g/mol. The van der Waals surface area contributed by atoms with E-state index in [-0.39, 0.29) is 18.7 Å². The smallest absolute Gasteiger partial charge is 0.411 e. The first-order chi connectivity index (χ1) is 16.0. The SMILES string of the molecule is C#C[C@H](O)[C@@H]1C[C@H](C(=O)OC(C)(C)C)N(C(=O)OC(C)(C)C)[C@@H]1C[C@@H](CC)OC(NC(C)=O)OC. The summed E-state index contributed by atoms with van der Waals surface area (Å²) in [5, 5.41) is 13.2. The van der Waals surface area contributed by atoms with Gasteiger partial charge in [0.05, 0.1) is 6.10 Å². The summed E-state index contributed by atoms with van der Waals surface area (Å²) in [6.07, 6.45) is 2.88. The zero-order valence-electron chi connectivity index (χ0n) is 22.4. The highest BCUT2D eigenvalue weighted by molar-refractivity contribution is 5.83. The van der Waals surface area contributed by atoms with Crippen LogP contribution in [0, 0.1) is 18.3 Å². The van der Waals surface area contributed by atoms with Crippen LogP contribution in [0.2, 0.25) is 0 Å². The molecule has 0 aromatic carbocycles. The third-order valence-corrected chi connectivity index (χ3v) is 5.35. The first-order valence-corrected chi connectivity index (χ1v) is 11.9. The van der Waals surface area contributed by atoms with E-state index in [0.29, 0.717) is 6.42 Å². The Morgan fingerprint density at radius 3 is 2.14 bits per heavy atom. The predicted octanol–water partition coefficient (Wildman–Crippen LogP) is 2.57. The topological polar surface area (TPSA) is 124 Å². The highest BCUT2D eigenvalue weighted by atomic mass is 16.7. The molecule has 10 nitrogen and oxygen atoms in total. The number of terminal acetylenes is 1. The highest BCUT2D eigenvalue weighted by Gasteiger charge is 2.52. The number of ether oxygens (including phenoxy) is 4. The number of methoxy groups -OCH3 is 1. The van der Waals surface area contributed by atoms with Crippen molar-refractivity contribution in [2.75, 3.05) is 7.11 Å². The molecule has 6 atom stereocenters. The standard InChI is InChI=1S/C25H42N2O8/c1-11-16(33-22(32-10)26-15(3)28)13-18-17(20(29)12-2)14-19(21(30)34-24(4,5)6)27(18)23(31)35-25(7,8)9/h2,16-20,22,29H,11,13-14H2,1,3-10H3,(H,26,28)/t16-,17-,18-,19-,20+,22?/m1/s1. The lowest BCUT2D eigenvalue weighted by molar-refractivity contribution is -0.182. The minimum atomic E-state index is -1.22. The van der Waals surface area contributed by atoms with E-state index in [1.165, 1.54) is 18.9 Å². The Kier molecular flexibility index (Phi) is 11.0. The number of aliphatic hydroxyl groups is 1. The Morgan fingerprint density at radius 2 is 1.71 bits per heavy atom. The van der Waals surface area contributed by atoms with Crippen molar-refractivity contribution in [1.29, 1.82) is 0 Å². The van der Waals surface area contributed by atoms with E-state index in [1.54, 1.807) is 41.5 Å². The molecule has 0 radical (unpaired) electrons. The fourth-order valence-corrected chi connectivity index (χ4v) is 3.95. The number of carbonyl (C=O) groups is 3. The average Bonchev–Trinajstić information content (AvgIpc) is 3.08. The van der Waals surface area contributed by atoms with Crippen LogP contribution in [0.15, 0.2) is 0 Å². The maximum atomic E-state index is 13.3. The molecule has 0 bridgehead atoms. The molecule has 1 aliphatic heterocycles. The van der Waals surface area contributed by atoms with Crippen molar-refractivity contribution in [1.82, 2.24) is 10.2 Å². The normalized spacial score (nSPS) is 23.1. The number of likely N-dealkylation sites (tertiary alicyclic amines) is 1. The second kappa shape index (κ2) is 12.6. The van der Waals surface area contributed by atoms with Crippen LogP contribution in [-0.2, 0) is 28.5 Å². The molecule has 0 saturated carbocycles. The zero-order chi connectivity index (χ0) is 27.1. The fraction of sp³-hybridized carbons (Fsp3) is 0.800. The van der Waals surface area contributed by atoms with Crippen LogP contribution in [0.25, 0.3) is 0 Å². The summed E-state index contributed by atoms with van der Waals surface area (Å²) >= 11 is 0. The van der Waals surface area contributed by atoms with E-state index >= 15 is 0 Å². The molecular weight excluding hydrogens is 456 g/mol. The van der Waals surface area contributed by atoms with Gasteiger partial charge in [-0.3, -0.25) is 9.69 Å². The van der Waals surface area contributed by atoms with Crippen LogP contribution in [0.5, 0.6) is 0 Å². The number of amides is 2. The lowest BCUT2D eigenvalue weighted by Gasteiger charge is -2.36. The molecule has 0 aliphatic carbocycles. The number of carbonyl (C=O) groups excluding carboxylic acids is 3. The van der Waals surface area contributed by atoms with Crippen molar-refractivity contribution in [2.24, 2.45) is 5.92 Å². The van der Waals surface area contributed by atoms with E-state index in [4.69, 9.17) is 25.4 Å². The van der Waals surface area contributed by atoms with Crippen molar-refractivity contribution in [3.05, 3.63) is 0 Å². The molecule has 1 heterocycles. The van der Waals surface area contributed by atoms with Gasteiger partial charge in [0.25, 0.3) is 0 Å². The van der Waals surface area contributed by atoms with Crippen molar-refractivity contribution in [3.63, 3.8) is 0 Å². The molecule has 0 spiro atoms. The summed E-state index contributed by atoms with van der Waals surface area (Å²) in [5.41, 5.74) is -1.61. The Balaban J connectivity index is 3.39. The first kappa shape index (κ1) is 30.7. The molecule has 1 unspecified atom stereocenters. The van der Waals surface area contributed by atoms with Gasteiger partial charge < -0.3 is 29.4 Å². The van der Waals surface area contributed by atoms with Crippen LogP contribution in [-0.4, -0.2) is 77.0 Å². The number of nitrogens with one attached hydrogen (secondary N) is 1. The molecule has 2 N–H and O–H groups in total. The highest BCUT2D eigenvalue weighted by Crippen LogP contribution is 2.38.